The molecule has 31 heavy (non-hydrogen) atoms. The molecule has 3 heterocycles. The fourth-order valence-electron chi connectivity index (χ4n) is 3.63. The number of nitrogens with zero attached hydrogens (tertiary/aromatic N) is 3. The fourth-order valence-corrected chi connectivity index (χ4v) is 3.63. The first-order chi connectivity index (χ1) is 15.1. The number of carbonyl (C=O) groups excluding carboxylic acids is 1. The van der Waals surface area contributed by atoms with Gasteiger partial charge in [-0.05, 0) is 55.6 Å². The Morgan fingerprint density at radius 1 is 1.06 bits per heavy atom. The number of hydrogen-bond acceptors (Lipinski definition) is 6. The summed E-state index contributed by atoms with van der Waals surface area (Å²) >= 11 is 0. The minimum atomic E-state index is -0.304. The molecule has 2 N–H and O–H groups in total. The van der Waals surface area contributed by atoms with Crippen LogP contribution >= 0.6 is 0 Å². The summed E-state index contributed by atoms with van der Waals surface area (Å²) in [4.78, 5) is 19.4. The number of H-pyrrole nitrogens is 1. The molecule has 8 nitrogen and oxygen atoms in total. The highest BCUT2D eigenvalue weighted by Crippen LogP contribution is 2.34. The highest BCUT2D eigenvalue weighted by atomic mass is 16.7. The number of aromatic nitrogens is 3. The van der Waals surface area contributed by atoms with E-state index in [1.165, 1.54) is 0 Å². The molecule has 0 spiro atoms. The van der Waals surface area contributed by atoms with Crippen LogP contribution in [0.4, 0.5) is 5.69 Å². The molecule has 1 aliphatic rings. The monoisotopic (exact) mass is 415 g/mol. The van der Waals surface area contributed by atoms with Crippen LogP contribution in [-0.4, -0.2) is 46.9 Å². The Kier molecular flexibility index (Phi) is 4.76. The number of hydrogen-bond donors (Lipinski definition) is 2. The summed E-state index contributed by atoms with van der Waals surface area (Å²) in [7, 11) is 4.05. The van der Waals surface area contributed by atoms with Gasteiger partial charge in [0.2, 0.25) is 6.79 Å². The van der Waals surface area contributed by atoms with Crippen molar-refractivity contribution in [3.8, 4) is 22.6 Å². The second-order valence-electron chi connectivity index (χ2n) is 7.67. The number of amides is 1. The summed E-state index contributed by atoms with van der Waals surface area (Å²) in [5.74, 6) is 0.969. The molecule has 2 aromatic carbocycles. The zero-order valence-corrected chi connectivity index (χ0v) is 17.2. The molecule has 1 amide bonds. The van der Waals surface area contributed by atoms with Crippen LogP contribution in [0.2, 0.25) is 0 Å². The lowest BCUT2D eigenvalue weighted by atomic mass is 10.0. The Hall–Kier alpha value is -3.91. The van der Waals surface area contributed by atoms with Crippen LogP contribution in [-0.2, 0) is 6.54 Å². The van der Waals surface area contributed by atoms with Crippen molar-refractivity contribution in [3.05, 3.63) is 66.1 Å². The Balaban J connectivity index is 1.44. The zero-order valence-electron chi connectivity index (χ0n) is 17.2. The first-order valence-electron chi connectivity index (χ1n) is 9.85. The highest BCUT2D eigenvalue weighted by molar-refractivity contribution is 6.11. The topological polar surface area (TPSA) is 92.4 Å². The molecule has 8 heteroatoms. The smallest absolute Gasteiger partial charge is 0.276 e. The van der Waals surface area contributed by atoms with Gasteiger partial charge in [-0.15, -0.1) is 0 Å². The summed E-state index contributed by atoms with van der Waals surface area (Å²) < 4.78 is 10.7. The van der Waals surface area contributed by atoms with Crippen LogP contribution in [0.25, 0.3) is 22.0 Å². The minimum absolute atomic E-state index is 0.185. The van der Waals surface area contributed by atoms with Crippen molar-refractivity contribution >= 4 is 22.5 Å². The van der Waals surface area contributed by atoms with Crippen LogP contribution in [0.3, 0.4) is 0 Å². The Morgan fingerprint density at radius 3 is 2.81 bits per heavy atom. The van der Waals surface area contributed by atoms with E-state index in [9.17, 15) is 4.79 Å². The zero-order chi connectivity index (χ0) is 21.4. The predicted molar refractivity (Wildman–Crippen MR) is 117 cm³/mol. The van der Waals surface area contributed by atoms with E-state index < -0.39 is 0 Å². The molecule has 0 radical (unpaired) electrons. The standard InChI is InChI=1S/C23H21N5O3/c1-28(2)12-14-7-16(11-24-10-14)15-3-5-19-18(8-15)22(27-26-19)23(29)25-17-4-6-20-21(9-17)31-13-30-20/h3-11H,12-13H2,1-2H3,(H,25,29)(H,26,27). The average Bonchev–Trinajstić information content (AvgIpc) is 3.39. The number of aromatic amines is 1. The molecular formula is C23H21N5O3. The second-order valence-corrected chi connectivity index (χ2v) is 7.67. The maximum atomic E-state index is 12.9. The number of nitrogens with one attached hydrogen (secondary N) is 2. The fraction of sp³-hybridized carbons (Fsp3) is 0.174. The number of benzene rings is 2. The molecule has 5 rings (SSSR count). The van der Waals surface area contributed by atoms with Gasteiger partial charge in [0.15, 0.2) is 17.2 Å². The molecule has 0 saturated carbocycles. The van der Waals surface area contributed by atoms with E-state index in [0.717, 1.165) is 34.1 Å². The lowest BCUT2D eigenvalue weighted by Gasteiger charge is -2.10. The van der Waals surface area contributed by atoms with E-state index in [1.807, 2.05) is 44.7 Å². The number of carbonyl (C=O) groups is 1. The van der Waals surface area contributed by atoms with Crippen molar-refractivity contribution in [2.75, 3.05) is 26.2 Å². The molecule has 2 aromatic heterocycles. The van der Waals surface area contributed by atoms with Crippen LogP contribution in [0.1, 0.15) is 16.1 Å². The van der Waals surface area contributed by atoms with Gasteiger partial charge in [0.25, 0.3) is 5.91 Å². The molecule has 0 atom stereocenters. The Bertz CT molecular complexity index is 1280. The van der Waals surface area contributed by atoms with E-state index in [0.29, 0.717) is 22.9 Å². The van der Waals surface area contributed by atoms with Gasteiger partial charge in [-0.3, -0.25) is 14.9 Å². The lowest BCUT2D eigenvalue weighted by molar-refractivity contribution is 0.102. The van der Waals surface area contributed by atoms with Gasteiger partial charge in [0, 0.05) is 41.6 Å². The van der Waals surface area contributed by atoms with Crippen molar-refractivity contribution in [1.29, 1.82) is 0 Å². The van der Waals surface area contributed by atoms with Crippen molar-refractivity contribution in [3.63, 3.8) is 0 Å². The highest BCUT2D eigenvalue weighted by Gasteiger charge is 2.18. The molecule has 1 aliphatic heterocycles. The van der Waals surface area contributed by atoms with Crippen LogP contribution in [0.5, 0.6) is 11.5 Å². The second kappa shape index (κ2) is 7.73. The summed E-state index contributed by atoms with van der Waals surface area (Å²) in [6, 6.07) is 13.3. The third-order valence-corrected chi connectivity index (χ3v) is 5.04. The molecule has 156 valence electrons. The summed E-state index contributed by atoms with van der Waals surface area (Å²) in [6.07, 6.45) is 3.69. The molecule has 4 aromatic rings. The summed E-state index contributed by atoms with van der Waals surface area (Å²) in [5.41, 5.74) is 4.81. The maximum absolute atomic E-state index is 12.9. The van der Waals surface area contributed by atoms with Gasteiger partial charge >= 0.3 is 0 Å². The van der Waals surface area contributed by atoms with Gasteiger partial charge in [0.05, 0.1) is 5.52 Å². The average molecular weight is 415 g/mol. The SMILES string of the molecule is CN(C)Cc1cncc(-c2ccc3[nH]nc(C(=O)Nc4ccc5c(c4)OCO5)c3c2)c1. The molecule has 0 saturated heterocycles. The Labute approximate surface area is 178 Å². The molecule has 0 aliphatic carbocycles. The molecular weight excluding hydrogens is 394 g/mol. The number of pyridine rings is 1. The molecule has 0 unspecified atom stereocenters. The number of anilines is 1. The first kappa shape index (κ1) is 19.1. The van der Waals surface area contributed by atoms with Crippen LogP contribution in [0, 0.1) is 0 Å². The lowest BCUT2D eigenvalue weighted by Crippen LogP contribution is -2.12. The molecule has 0 bridgehead atoms. The summed E-state index contributed by atoms with van der Waals surface area (Å²) in [6.45, 7) is 0.988. The largest absolute Gasteiger partial charge is 0.454 e. The third kappa shape index (κ3) is 3.80. The van der Waals surface area contributed by atoms with E-state index in [2.05, 4.69) is 31.5 Å². The maximum Gasteiger partial charge on any atom is 0.276 e. The first-order valence-corrected chi connectivity index (χ1v) is 9.85. The van der Waals surface area contributed by atoms with Crippen molar-refractivity contribution in [2.45, 2.75) is 6.54 Å². The van der Waals surface area contributed by atoms with Gasteiger partial charge in [-0.1, -0.05) is 6.07 Å². The van der Waals surface area contributed by atoms with Crippen molar-refractivity contribution in [1.82, 2.24) is 20.1 Å². The van der Waals surface area contributed by atoms with Crippen LogP contribution < -0.4 is 14.8 Å². The third-order valence-electron chi connectivity index (χ3n) is 5.04. The van der Waals surface area contributed by atoms with Gasteiger partial charge < -0.3 is 19.7 Å². The van der Waals surface area contributed by atoms with Gasteiger partial charge in [-0.2, -0.15) is 5.10 Å². The Morgan fingerprint density at radius 2 is 1.94 bits per heavy atom. The normalized spacial score (nSPS) is 12.5. The van der Waals surface area contributed by atoms with E-state index >= 15 is 0 Å². The van der Waals surface area contributed by atoms with E-state index in [1.54, 1.807) is 18.2 Å². The van der Waals surface area contributed by atoms with Crippen LogP contribution in [0.15, 0.2) is 54.9 Å². The quantitative estimate of drug-likeness (QED) is 0.517. The number of ether oxygens (including phenoxy) is 2. The molecule has 0 fully saturated rings. The van der Waals surface area contributed by atoms with E-state index in [4.69, 9.17) is 9.47 Å². The number of fused-ring (bicyclic) bond motifs is 2. The van der Waals surface area contributed by atoms with E-state index in [-0.39, 0.29) is 12.7 Å². The van der Waals surface area contributed by atoms with Crippen molar-refractivity contribution < 1.29 is 14.3 Å². The number of rotatable bonds is 5. The minimum Gasteiger partial charge on any atom is -0.454 e. The predicted octanol–water partition coefficient (Wildman–Crippen LogP) is 3.67. The van der Waals surface area contributed by atoms with Crippen molar-refractivity contribution in [2.24, 2.45) is 0 Å². The van der Waals surface area contributed by atoms with Gasteiger partial charge in [-0.25, -0.2) is 0 Å². The summed E-state index contributed by atoms with van der Waals surface area (Å²) in [5, 5.41) is 10.8. The van der Waals surface area contributed by atoms with Gasteiger partial charge in [0.1, 0.15) is 0 Å².